The number of aromatic nitrogens is 4. The van der Waals surface area contributed by atoms with Gasteiger partial charge in [0.25, 0.3) is 0 Å². The summed E-state index contributed by atoms with van der Waals surface area (Å²) in [4.78, 5) is 17.4. The van der Waals surface area contributed by atoms with Gasteiger partial charge in [-0.2, -0.15) is 5.10 Å². The van der Waals surface area contributed by atoms with E-state index in [1.165, 1.54) is 0 Å². The van der Waals surface area contributed by atoms with Gasteiger partial charge in [-0.1, -0.05) is 0 Å². The molecule has 3 rings (SSSR count). The standard InChI is InChI=1S/C12H14BrN5O/c1-16-10(2-3-14-12(16)19)6-17-7-11(8-17)18-5-9(13)4-15-18/h2-5,11H,6-8H2,1H3. The van der Waals surface area contributed by atoms with E-state index in [1.54, 1.807) is 24.0 Å². The van der Waals surface area contributed by atoms with Gasteiger partial charge in [0.2, 0.25) is 0 Å². The smallest absolute Gasteiger partial charge is 0.298 e. The fourth-order valence-electron chi connectivity index (χ4n) is 2.25. The summed E-state index contributed by atoms with van der Waals surface area (Å²) in [5, 5.41) is 4.29. The molecule has 0 aromatic carbocycles. The molecule has 7 heteroatoms. The van der Waals surface area contributed by atoms with E-state index in [2.05, 4.69) is 30.9 Å². The zero-order chi connectivity index (χ0) is 13.4. The van der Waals surface area contributed by atoms with Crippen molar-refractivity contribution in [1.29, 1.82) is 0 Å². The highest BCUT2D eigenvalue weighted by Gasteiger charge is 2.29. The number of rotatable bonds is 3. The minimum absolute atomic E-state index is 0.203. The lowest BCUT2D eigenvalue weighted by Gasteiger charge is -2.39. The Morgan fingerprint density at radius 1 is 1.47 bits per heavy atom. The van der Waals surface area contributed by atoms with Gasteiger partial charge in [-0.3, -0.25) is 14.1 Å². The van der Waals surface area contributed by atoms with Crippen LogP contribution in [0.25, 0.3) is 0 Å². The molecule has 0 radical (unpaired) electrons. The topological polar surface area (TPSA) is 56.0 Å². The predicted octanol–water partition coefficient (Wildman–Crippen LogP) is 0.796. The van der Waals surface area contributed by atoms with Gasteiger partial charge in [0.05, 0.1) is 16.7 Å². The first-order chi connectivity index (χ1) is 9.13. The number of halogens is 1. The van der Waals surface area contributed by atoms with Gasteiger partial charge in [0.15, 0.2) is 0 Å². The molecule has 3 heterocycles. The van der Waals surface area contributed by atoms with Crippen LogP contribution in [0, 0.1) is 0 Å². The number of nitrogens with zero attached hydrogens (tertiary/aromatic N) is 5. The summed E-state index contributed by atoms with van der Waals surface area (Å²) in [5.41, 5.74) is 0.783. The lowest BCUT2D eigenvalue weighted by Crippen LogP contribution is -2.47. The highest BCUT2D eigenvalue weighted by Crippen LogP contribution is 2.23. The van der Waals surface area contributed by atoms with E-state index < -0.39 is 0 Å². The molecule has 19 heavy (non-hydrogen) atoms. The van der Waals surface area contributed by atoms with Gasteiger partial charge in [-0.15, -0.1) is 0 Å². The number of hydrogen-bond donors (Lipinski definition) is 0. The average molecular weight is 324 g/mol. The van der Waals surface area contributed by atoms with Crippen LogP contribution in [0.3, 0.4) is 0 Å². The van der Waals surface area contributed by atoms with Crippen LogP contribution < -0.4 is 5.69 Å². The monoisotopic (exact) mass is 323 g/mol. The number of hydrogen-bond acceptors (Lipinski definition) is 4. The molecule has 100 valence electrons. The molecule has 1 aliphatic rings. The second kappa shape index (κ2) is 4.90. The molecule has 6 nitrogen and oxygen atoms in total. The zero-order valence-corrected chi connectivity index (χ0v) is 12.1. The van der Waals surface area contributed by atoms with Crippen LogP contribution >= 0.6 is 15.9 Å². The molecule has 1 fully saturated rings. The molecule has 1 aliphatic heterocycles. The van der Waals surface area contributed by atoms with Crippen molar-refractivity contribution >= 4 is 15.9 Å². The Hall–Kier alpha value is -1.47. The van der Waals surface area contributed by atoms with E-state index >= 15 is 0 Å². The summed E-state index contributed by atoms with van der Waals surface area (Å²) in [7, 11) is 1.76. The molecule has 0 aliphatic carbocycles. The average Bonchev–Trinajstić information content (AvgIpc) is 2.74. The van der Waals surface area contributed by atoms with Crippen molar-refractivity contribution < 1.29 is 0 Å². The van der Waals surface area contributed by atoms with Crippen LogP contribution in [-0.2, 0) is 13.6 Å². The first-order valence-corrected chi connectivity index (χ1v) is 6.86. The van der Waals surface area contributed by atoms with Crippen molar-refractivity contribution in [2.24, 2.45) is 7.05 Å². The van der Waals surface area contributed by atoms with Crippen LogP contribution in [0.1, 0.15) is 11.7 Å². The molecule has 0 bridgehead atoms. The van der Waals surface area contributed by atoms with Crippen LogP contribution in [0.2, 0.25) is 0 Å². The molecule has 2 aromatic rings. The van der Waals surface area contributed by atoms with Crippen molar-refractivity contribution in [3.8, 4) is 0 Å². The van der Waals surface area contributed by atoms with E-state index in [9.17, 15) is 4.79 Å². The van der Waals surface area contributed by atoms with Crippen LogP contribution in [0.15, 0.2) is 33.9 Å². The van der Waals surface area contributed by atoms with Gasteiger partial charge in [0.1, 0.15) is 0 Å². The molecule has 2 aromatic heterocycles. The van der Waals surface area contributed by atoms with E-state index in [0.717, 1.165) is 29.8 Å². The fraction of sp³-hybridized carbons (Fsp3) is 0.417. The van der Waals surface area contributed by atoms with Gasteiger partial charge >= 0.3 is 5.69 Å². The Balaban J connectivity index is 1.62. The molecule has 1 saturated heterocycles. The first-order valence-electron chi connectivity index (χ1n) is 6.06. The van der Waals surface area contributed by atoms with Crippen molar-refractivity contribution in [3.63, 3.8) is 0 Å². The Labute approximate surface area is 118 Å². The summed E-state index contributed by atoms with van der Waals surface area (Å²) in [5.74, 6) is 0. The second-order valence-corrected chi connectivity index (χ2v) is 5.68. The molecule has 0 N–H and O–H groups in total. The fourth-order valence-corrected chi connectivity index (χ4v) is 2.55. The number of likely N-dealkylation sites (tertiary alicyclic amines) is 1. The van der Waals surface area contributed by atoms with Crippen molar-refractivity contribution in [1.82, 2.24) is 24.2 Å². The minimum atomic E-state index is -0.203. The van der Waals surface area contributed by atoms with E-state index in [-0.39, 0.29) is 5.69 Å². The Morgan fingerprint density at radius 3 is 2.95 bits per heavy atom. The predicted molar refractivity (Wildman–Crippen MR) is 73.7 cm³/mol. The maximum absolute atomic E-state index is 11.4. The molecule has 0 unspecified atom stereocenters. The van der Waals surface area contributed by atoms with E-state index in [4.69, 9.17) is 0 Å². The van der Waals surface area contributed by atoms with Crippen LogP contribution in [0.5, 0.6) is 0 Å². The summed E-state index contributed by atoms with van der Waals surface area (Å²) in [6.07, 6.45) is 5.36. The maximum Gasteiger partial charge on any atom is 0.347 e. The molecule has 0 amide bonds. The summed E-state index contributed by atoms with van der Waals surface area (Å²) < 4.78 is 4.58. The summed E-state index contributed by atoms with van der Waals surface area (Å²) in [6.45, 7) is 2.67. The normalized spacial score (nSPS) is 16.5. The van der Waals surface area contributed by atoms with Crippen LogP contribution in [-0.4, -0.2) is 37.3 Å². The minimum Gasteiger partial charge on any atom is -0.298 e. The Kier molecular flexibility index (Phi) is 3.24. The van der Waals surface area contributed by atoms with Crippen LogP contribution in [0.4, 0.5) is 0 Å². The highest BCUT2D eigenvalue weighted by molar-refractivity contribution is 9.10. The molecule has 0 saturated carbocycles. The lowest BCUT2D eigenvalue weighted by atomic mass is 10.1. The molecule has 0 spiro atoms. The van der Waals surface area contributed by atoms with Gasteiger partial charge in [-0.05, 0) is 22.0 Å². The first kappa shape index (κ1) is 12.6. The third kappa shape index (κ3) is 2.48. The third-order valence-electron chi connectivity index (χ3n) is 3.44. The Morgan fingerprint density at radius 2 is 2.26 bits per heavy atom. The summed E-state index contributed by atoms with van der Waals surface area (Å²) in [6, 6.07) is 2.31. The Bertz CT molecular complexity index is 644. The van der Waals surface area contributed by atoms with E-state index in [0.29, 0.717) is 6.04 Å². The molecular weight excluding hydrogens is 310 g/mol. The van der Waals surface area contributed by atoms with Crippen molar-refractivity contribution in [2.75, 3.05) is 13.1 Å². The molecule has 0 atom stereocenters. The van der Waals surface area contributed by atoms with Crippen molar-refractivity contribution in [2.45, 2.75) is 12.6 Å². The van der Waals surface area contributed by atoms with E-state index in [1.807, 2.05) is 16.9 Å². The SMILES string of the molecule is Cn1c(CN2CC(n3cc(Br)cn3)C2)ccnc1=O. The maximum atomic E-state index is 11.4. The van der Waals surface area contributed by atoms with Gasteiger partial charge in [0, 0.05) is 44.8 Å². The summed E-state index contributed by atoms with van der Waals surface area (Å²) >= 11 is 3.40. The highest BCUT2D eigenvalue weighted by atomic mass is 79.9. The molecular formula is C12H14BrN5O. The lowest BCUT2D eigenvalue weighted by molar-refractivity contribution is 0.0881. The van der Waals surface area contributed by atoms with Gasteiger partial charge < -0.3 is 0 Å². The zero-order valence-electron chi connectivity index (χ0n) is 10.5. The van der Waals surface area contributed by atoms with Gasteiger partial charge in [-0.25, -0.2) is 9.78 Å². The quantitative estimate of drug-likeness (QED) is 0.838. The largest absolute Gasteiger partial charge is 0.347 e. The van der Waals surface area contributed by atoms with Crippen molar-refractivity contribution in [3.05, 3.63) is 45.3 Å². The second-order valence-electron chi connectivity index (χ2n) is 4.76. The third-order valence-corrected chi connectivity index (χ3v) is 3.85.